The lowest BCUT2D eigenvalue weighted by Crippen LogP contribution is -2.26. The second-order valence-corrected chi connectivity index (χ2v) is 3.65. The molecular weight excluding hydrogens is 186 g/mol. The third-order valence-corrected chi connectivity index (χ3v) is 2.47. The van der Waals surface area contributed by atoms with Crippen molar-refractivity contribution in [1.82, 2.24) is 9.80 Å². The van der Waals surface area contributed by atoms with E-state index in [0.29, 0.717) is 0 Å². The molecule has 15 heavy (non-hydrogen) atoms. The summed E-state index contributed by atoms with van der Waals surface area (Å²) in [4.78, 5) is 4.07. The first-order valence-electron chi connectivity index (χ1n) is 4.90. The molecular formula is C12H13N3. The highest BCUT2D eigenvalue weighted by atomic mass is 15.3. The Kier molecular flexibility index (Phi) is 2.59. The van der Waals surface area contributed by atoms with Crippen LogP contribution in [-0.4, -0.2) is 23.5 Å². The molecule has 1 aliphatic rings. The fourth-order valence-electron chi connectivity index (χ4n) is 1.69. The predicted molar refractivity (Wildman–Crippen MR) is 58.4 cm³/mol. The van der Waals surface area contributed by atoms with Crippen molar-refractivity contribution in [1.29, 1.82) is 5.26 Å². The molecule has 1 atom stereocenters. The van der Waals surface area contributed by atoms with Crippen LogP contribution in [0.15, 0.2) is 42.7 Å². The molecule has 0 saturated heterocycles. The molecule has 0 bridgehead atoms. The first-order chi connectivity index (χ1) is 7.31. The topological polar surface area (TPSA) is 30.3 Å². The molecule has 0 amide bonds. The molecule has 76 valence electrons. The molecule has 0 aromatic heterocycles. The zero-order chi connectivity index (χ0) is 10.7. The van der Waals surface area contributed by atoms with Crippen molar-refractivity contribution in [2.45, 2.75) is 6.04 Å². The van der Waals surface area contributed by atoms with Gasteiger partial charge in [-0.3, -0.25) is 0 Å². The Hall–Kier alpha value is -1.95. The number of nitriles is 1. The zero-order valence-corrected chi connectivity index (χ0v) is 8.67. The Morgan fingerprint density at radius 1 is 1.27 bits per heavy atom. The molecule has 0 N–H and O–H groups in total. The molecule has 0 spiro atoms. The first kappa shape index (κ1) is 9.60. The third kappa shape index (κ3) is 1.94. The van der Waals surface area contributed by atoms with Gasteiger partial charge in [-0.05, 0) is 5.56 Å². The lowest BCUT2D eigenvalue weighted by atomic mass is 10.1. The second-order valence-electron chi connectivity index (χ2n) is 3.65. The smallest absolute Gasteiger partial charge is 0.143 e. The van der Waals surface area contributed by atoms with Gasteiger partial charge >= 0.3 is 0 Å². The van der Waals surface area contributed by atoms with Gasteiger partial charge in [0.1, 0.15) is 6.04 Å². The van der Waals surface area contributed by atoms with Crippen LogP contribution in [0.4, 0.5) is 0 Å². The highest BCUT2D eigenvalue weighted by molar-refractivity contribution is 5.25. The number of rotatable bonds is 2. The standard InChI is InChI=1S/C12H13N3/c1-14-7-8-15(10-14)12(9-13)11-5-3-2-4-6-11/h2-8,12H,10H2,1H3. The molecule has 0 radical (unpaired) electrons. The van der Waals surface area contributed by atoms with E-state index in [9.17, 15) is 5.26 Å². The first-order valence-corrected chi connectivity index (χ1v) is 4.90. The van der Waals surface area contributed by atoms with Crippen molar-refractivity contribution in [3.63, 3.8) is 0 Å². The van der Waals surface area contributed by atoms with E-state index in [1.54, 1.807) is 0 Å². The second kappa shape index (κ2) is 4.05. The Morgan fingerprint density at radius 3 is 2.53 bits per heavy atom. The Labute approximate surface area is 89.8 Å². The fraction of sp³-hybridized carbons (Fsp3) is 0.250. The van der Waals surface area contributed by atoms with Crippen LogP contribution in [0.2, 0.25) is 0 Å². The number of hydrogen-bond donors (Lipinski definition) is 0. The number of benzene rings is 1. The van der Waals surface area contributed by atoms with Gasteiger partial charge in [0.25, 0.3) is 0 Å². The molecule has 1 aromatic rings. The van der Waals surface area contributed by atoms with Crippen LogP contribution < -0.4 is 0 Å². The molecule has 3 heteroatoms. The summed E-state index contributed by atoms with van der Waals surface area (Å²) < 4.78 is 0. The van der Waals surface area contributed by atoms with E-state index in [2.05, 4.69) is 6.07 Å². The third-order valence-electron chi connectivity index (χ3n) is 2.47. The van der Waals surface area contributed by atoms with E-state index < -0.39 is 0 Å². The Balaban J connectivity index is 2.20. The highest BCUT2D eigenvalue weighted by Crippen LogP contribution is 2.22. The summed E-state index contributed by atoms with van der Waals surface area (Å²) in [6, 6.07) is 12.0. The van der Waals surface area contributed by atoms with Crippen LogP contribution in [0.3, 0.4) is 0 Å². The van der Waals surface area contributed by atoms with Gasteiger partial charge < -0.3 is 9.80 Å². The Morgan fingerprint density at radius 2 is 2.00 bits per heavy atom. The van der Waals surface area contributed by atoms with Crippen LogP contribution in [0.5, 0.6) is 0 Å². The molecule has 1 heterocycles. The van der Waals surface area contributed by atoms with Crippen molar-refractivity contribution in [2.75, 3.05) is 13.7 Å². The summed E-state index contributed by atoms with van der Waals surface area (Å²) in [5.74, 6) is 0. The minimum Gasteiger partial charge on any atom is -0.362 e. The molecule has 0 saturated carbocycles. The number of hydrogen-bond acceptors (Lipinski definition) is 3. The average Bonchev–Trinajstić information content (AvgIpc) is 2.68. The van der Waals surface area contributed by atoms with E-state index in [1.807, 2.05) is 59.6 Å². The van der Waals surface area contributed by atoms with Crippen LogP contribution in [-0.2, 0) is 0 Å². The highest BCUT2D eigenvalue weighted by Gasteiger charge is 2.20. The lowest BCUT2D eigenvalue weighted by molar-refractivity contribution is 0.266. The van der Waals surface area contributed by atoms with Gasteiger partial charge in [0.2, 0.25) is 0 Å². The molecule has 1 unspecified atom stereocenters. The van der Waals surface area contributed by atoms with E-state index in [1.165, 1.54) is 0 Å². The van der Waals surface area contributed by atoms with Crippen LogP contribution >= 0.6 is 0 Å². The minimum atomic E-state index is -0.188. The molecule has 1 aliphatic heterocycles. The van der Waals surface area contributed by atoms with Crippen molar-refractivity contribution >= 4 is 0 Å². The van der Waals surface area contributed by atoms with E-state index in [4.69, 9.17) is 0 Å². The van der Waals surface area contributed by atoms with Crippen LogP contribution in [0.1, 0.15) is 11.6 Å². The minimum absolute atomic E-state index is 0.188. The maximum atomic E-state index is 9.18. The van der Waals surface area contributed by atoms with E-state index >= 15 is 0 Å². The predicted octanol–water partition coefficient (Wildman–Crippen LogP) is 1.93. The van der Waals surface area contributed by atoms with Crippen LogP contribution in [0, 0.1) is 11.3 Å². The van der Waals surface area contributed by atoms with Gasteiger partial charge in [-0.25, -0.2) is 0 Å². The summed E-state index contributed by atoms with van der Waals surface area (Å²) in [5, 5.41) is 9.18. The molecule has 0 aliphatic carbocycles. The fourth-order valence-corrected chi connectivity index (χ4v) is 1.69. The molecule has 1 aromatic carbocycles. The lowest BCUT2D eigenvalue weighted by Gasteiger charge is -2.23. The van der Waals surface area contributed by atoms with Crippen molar-refractivity contribution in [3.05, 3.63) is 48.3 Å². The van der Waals surface area contributed by atoms with E-state index in [-0.39, 0.29) is 6.04 Å². The molecule has 0 fully saturated rings. The van der Waals surface area contributed by atoms with Gasteiger partial charge in [-0.1, -0.05) is 30.3 Å². The average molecular weight is 199 g/mol. The van der Waals surface area contributed by atoms with Crippen molar-refractivity contribution in [3.8, 4) is 6.07 Å². The maximum absolute atomic E-state index is 9.18. The van der Waals surface area contributed by atoms with Gasteiger partial charge in [0.15, 0.2) is 0 Å². The molecule has 2 rings (SSSR count). The number of nitrogens with zero attached hydrogens (tertiary/aromatic N) is 3. The summed E-state index contributed by atoms with van der Waals surface area (Å²) >= 11 is 0. The summed E-state index contributed by atoms with van der Waals surface area (Å²) in [5.41, 5.74) is 1.04. The van der Waals surface area contributed by atoms with Crippen molar-refractivity contribution < 1.29 is 0 Å². The van der Waals surface area contributed by atoms with E-state index in [0.717, 1.165) is 12.2 Å². The van der Waals surface area contributed by atoms with Gasteiger partial charge in [0, 0.05) is 19.4 Å². The zero-order valence-electron chi connectivity index (χ0n) is 8.67. The quantitative estimate of drug-likeness (QED) is 0.729. The SMILES string of the molecule is CN1C=CN(C(C#N)c2ccccc2)C1. The van der Waals surface area contributed by atoms with Crippen LogP contribution in [0.25, 0.3) is 0 Å². The maximum Gasteiger partial charge on any atom is 0.143 e. The van der Waals surface area contributed by atoms with Gasteiger partial charge in [-0.15, -0.1) is 0 Å². The van der Waals surface area contributed by atoms with Gasteiger partial charge in [-0.2, -0.15) is 5.26 Å². The normalized spacial score (nSPS) is 16.5. The Bertz CT molecular complexity index is 391. The van der Waals surface area contributed by atoms with Gasteiger partial charge in [0.05, 0.1) is 12.7 Å². The molecule has 3 nitrogen and oxygen atoms in total. The summed E-state index contributed by atoms with van der Waals surface area (Å²) in [6.07, 6.45) is 3.94. The summed E-state index contributed by atoms with van der Waals surface area (Å²) in [6.45, 7) is 0.771. The van der Waals surface area contributed by atoms with Crippen molar-refractivity contribution in [2.24, 2.45) is 0 Å². The summed E-state index contributed by atoms with van der Waals surface area (Å²) in [7, 11) is 2.00. The monoisotopic (exact) mass is 199 g/mol. The largest absolute Gasteiger partial charge is 0.362 e.